The van der Waals surface area contributed by atoms with E-state index in [2.05, 4.69) is 26.5 Å². The third-order valence-electron chi connectivity index (χ3n) is 8.32. The molecule has 1 saturated heterocycles. The first-order chi connectivity index (χ1) is 16.8. The molecule has 2 fully saturated rings. The van der Waals surface area contributed by atoms with Gasteiger partial charge in [-0.15, -0.1) is 0 Å². The van der Waals surface area contributed by atoms with Crippen molar-refractivity contribution in [2.24, 2.45) is 28.6 Å². The Morgan fingerprint density at radius 1 is 1.17 bits per heavy atom. The van der Waals surface area contributed by atoms with Crippen molar-refractivity contribution >= 4 is 17.9 Å². The van der Waals surface area contributed by atoms with Gasteiger partial charge in [0.25, 0.3) is 0 Å². The van der Waals surface area contributed by atoms with Crippen molar-refractivity contribution in [2.45, 2.75) is 92.5 Å². The maximum absolute atomic E-state index is 12.6. The van der Waals surface area contributed by atoms with Gasteiger partial charge in [0.2, 0.25) is 12.6 Å². The Balaban J connectivity index is 2.23. The van der Waals surface area contributed by atoms with Crippen molar-refractivity contribution in [3.8, 4) is 0 Å². The van der Waals surface area contributed by atoms with Crippen LogP contribution < -0.4 is 0 Å². The fraction of sp³-hybridized carbons (Fsp3) is 0.679. The van der Waals surface area contributed by atoms with Gasteiger partial charge >= 0.3 is 17.9 Å². The Morgan fingerprint density at radius 2 is 1.81 bits per heavy atom. The molecule has 2 aliphatic carbocycles. The molecule has 8 atom stereocenters. The first-order valence-corrected chi connectivity index (χ1v) is 12.7. The van der Waals surface area contributed by atoms with Gasteiger partial charge in [-0.3, -0.25) is 19.1 Å². The summed E-state index contributed by atoms with van der Waals surface area (Å²) in [5, 5.41) is 11.7. The summed E-state index contributed by atoms with van der Waals surface area (Å²) in [6.45, 7) is 16.1. The highest BCUT2D eigenvalue weighted by Crippen LogP contribution is 2.67. The van der Waals surface area contributed by atoms with Gasteiger partial charge in [0.05, 0.1) is 17.4 Å². The molecule has 0 radical (unpaired) electrons. The Labute approximate surface area is 213 Å². The van der Waals surface area contributed by atoms with Crippen LogP contribution in [0.5, 0.6) is 0 Å². The zero-order valence-electron chi connectivity index (χ0n) is 22.4. The molecule has 0 aromatic carbocycles. The van der Waals surface area contributed by atoms with E-state index in [1.54, 1.807) is 26.0 Å². The van der Waals surface area contributed by atoms with Crippen molar-refractivity contribution in [3.63, 3.8) is 0 Å². The average molecular weight is 505 g/mol. The highest BCUT2D eigenvalue weighted by atomic mass is 16.8. The molecule has 0 aromatic heterocycles. The second-order valence-corrected chi connectivity index (χ2v) is 11.0. The highest BCUT2D eigenvalue weighted by Gasteiger charge is 2.71. The molecule has 1 unspecified atom stereocenters. The van der Waals surface area contributed by atoms with Gasteiger partial charge in [-0.25, -0.2) is 0 Å². The van der Waals surface area contributed by atoms with Crippen molar-refractivity contribution in [2.75, 3.05) is 0 Å². The molecule has 3 rings (SSSR count). The van der Waals surface area contributed by atoms with E-state index in [4.69, 9.17) is 18.9 Å². The molecule has 1 heterocycles. The van der Waals surface area contributed by atoms with Gasteiger partial charge in [-0.1, -0.05) is 52.0 Å². The molecule has 8 heteroatoms. The first-order valence-electron chi connectivity index (χ1n) is 12.7. The lowest BCUT2D eigenvalue weighted by Crippen LogP contribution is -2.63. The lowest BCUT2D eigenvalue weighted by Gasteiger charge is -2.60. The molecule has 3 aliphatic rings. The number of ether oxygens (including phenoxy) is 4. The predicted octanol–water partition coefficient (Wildman–Crippen LogP) is 4.22. The number of aliphatic hydroxyl groups excluding tert-OH is 1. The summed E-state index contributed by atoms with van der Waals surface area (Å²) in [4.78, 5) is 36.7. The number of rotatable bonds is 7. The fourth-order valence-corrected chi connectivity index (χ4v) is 6.15. The number of allylic oxidation sites excluding steroid dienone is 3. The topological polar surface area (TPSA) is 108 Å². The lowest BCUT2D eigenvalue weighted by molar-refractivity contribution is -0.254. The first kappa shape index (κ1) is 28.1. The van der Waals surface area contributed by atoms with Gasteiger partial charge in [-0.05, 0) is 49.5 Å². The molecular weight excluding hydrogens is 464 g/mol. The van der Waals surface area contributed by atoms with E-state index in [0.29, 0.717) is 24.8 Å². The number of aliphatic hydroxyl groups is 1. The van der Waals surface area contributed by atoms with Crippen LogP contribution in [0.25, 0.3) is 0 Å². The van der Waals surface area contributed by atoms with Gasteiger partial charge in [0.1, 0.15) is 6.10 Å². The number of esters is 3. The van der Waals surface area contributed by atoms with Crippen LogP contribution in [0, 0.1) is 28.6 Å². The van der Waals surface area contributed by atoms with Gasteiger partial charge < -0.3 is 19.3 Å². The molecule has 0 amide bonds. The smallest absolute Gasteiger partial charge is 0.308 e. The predicted molar refractivity (Wildman–Crippen MR) is 132 cm³/mol. The Hall–Kier alpha value is -2.45. The summed E-state index contributed by atoms with van der Waals surface area (Å²) >= 11 is 0. The van der Waals surface area contributed by atoms with Crippen molar-refractivity contribution < 1.29 is 38.4 Å². The van der Waals surface area contributed by atoms with Gasteiger partial charge in [0, 0.05) is 19.4 Å². The molecule has 1 spiro atoms. The third kappa shape index (κ3) is 4.90. The zero-order chi connectivity index (χ0) is 27.0. The van der Waals surface area contributed by atoms with Crippen LogP contribution in [-0.2, 0) is 33.3 Å². The van der Waals surface area contributed by atoms with Crippen LogP contribution in [0.1, 0.15) is 67.7 Å². The minimum Gasteiger partial charge on any atom is -0.458 e. The van der Waals surface area contributed by atoms with Crippen molar-refractivity contribution in [1.82, 2.24) is 0 Å². The molecule has 8 nitrogen and oxygen atoms in total. The minimum atomic E-state index is -1.17. The van der Waals surface area contributed by atoms with Gasteiger partial charge in [0.15, 0.2) is 0 Å². The standard InChI is InChI=1S/C28H40O8/c1-9-16(4)10-11-27(8)17(5)12-23(31)28-21(13-20(14-22(27)28)35-24(32)15(2)3)25(33-18(6)29)36-26(28)34-19(7)30/h9-10,13,15,17,20,22-23,25-26,31H,1,11-12,14H2,2-8H3/b16-10-/t17-,20-,22+,23+,25+,26-,27-,28?/m1/s1. The molecular formula is C28H40O8. The largest absolute Gasteiger partial charge is 0.458 e. The van der Waals surface area contributed by atoms with Gasteiger partial charge in [-0.2, -0.15) is 0 Å². The maximum Gasteiger partial charge on any atom is 0.308 e. The van der Waals surface area contributed by atoms with Crippen LogP contribution in [0.4, 0.5) is 0 Å². The SMILES string of the molecule is C=C/C(C)=C\C[C@]1(C)[C@H](C)C[C@H](O)C23C(=C[C@@H](OC(=O)C(C)C)C[C@H]21)[C@@H](OC(C)=O)O[C@H]3OC(C)=O. The molecule has 1 N–H and O–H groups in total. The molecule has 36 heavy (non-hydrogen) atoms. The Kier molecular flexibility index (Phi) is 8.20. The normalized spacial score (nSPS) is 37.9. The Bertz CT molecular complexity index is 965. The summed E-state index contributed by atoms with van der Waals surface area (Å²) < 4.78 is 23.1. The van der Waals surface area contributed by atoms with Crippen LogP contribution in [-0.4, -0.2) is 47.8 Å². The molecule has 200 valence electrons. The third-order valence-corrected chi connectivity index (χ3v) is 8.32. The summed E-state index contributed by atoms with van der Waals surface area (Å²) in [6, 6.07) is 0. The van der Waals surface area contributed by atoms with E-state index >= 15 is 0 Å². The van der Waals surface area contributed by atoms with Crippen molar-refractivity contribution in [1.29, 1.82) is 0 Å². The van der Waals surface area contributed by atoms with Crippen molar-refractivity contribution in [3.05, 3.63) is 36.0 Å². The summed E-state index contributed by atoms with van der Waals surface area (Å²) in [6.07, 6.45) is 3.22. The van der Waals surface area contributed by atoms with E-state index < -0.39 is 47.6 Å². The van der Waals surface area contributed by atoms with E-state index in [0.717, 1.165) is 5.57 Å². The van der Waals surface area contributed by atoms with E-state index in [1.165, 1.54) is 13.8 Å². The molecule has 1 aliphatic heterocycles. The Morgan fingerprint density at radius 3 is 2.36 bits per heavy atom. The minimum absolute atomic E-state index is 0.0727. The fourth-order valence-electron chi connectivity index (χ4n) is 6.15. The maximum atomic E-state index is 12.6. The van der Waals surface area contributed by atoms with E-state index in [9.17, 15) is 19.5 Å². The molecule has 0 bridgehead atoms. The second-order valence-electron chi connectivity index (χ2n) is 11.0. The lowest BCUT2D eigenvalue weighted by atomic mass is 9.45. The number of hydrogen-bond donors (Lipinski definition) is 1. The van der Waals surface area contributed by atoms with Crippen LogP contribution in [0.3, 0.4) is 0 Å². The van der Waals surface area contributed by atoms with Crippen LogP contribution >= 0.6 is 0 Å². The quantitative estimate of drug-likeness (QED) is 0.238. The zero-order valence-corrected chi connectivity index (χ0v) is 22.4. The number of hydrogen-bond acceptors (Lipinski definition) is 8. The van der Waals surface area contributed by atoms with E-state index in [-0.39, 0.29) is 23.7 Å². The summed E-state index contributed by atoms with van der Waals surface area (Å²) in [5.74, 6) is -2.08. The van der Waals surface area contributed by atoms with Crippen LogP contribution in [0.15, 0.2) is 36.0 Å². The highest BCUT2D eigenvalue weighted by molar-refractivity contribution is 5.72. The molecule has 1 saturated carbocycles. The summed E-state index contributed by atoms with van der Waals surface area (Å²) in [5.41, 5.74) is -0.0611. The monoisotopic (exact) mass is 504 g/mol. The number of carbonyl (C=O) groups is 3. The average Bonchev–Trinajstić information content (AvgIpc) is 3.07. The summed E-state index contributed by atoms with van der Waals surface area (Å²) in [7, 11) is 0. The second kappa shape index (κ2) is 10.5. The van der Waals surface area contributed by atoms with Crippen LogP contribution in [0.2, 0.25) is 0 Å². The molecule has 0 aromatic rings. The number of carbonyl (C=O) groups excluding carboxylic acids is 3. The van der Waals surface area contributed by atoms with E-state index in [1.807, 2.05) is 6.92 Å².